The number of benzene rings is 1. The van der Waals surface area contributed by atoms with Gasteiger partial charge in [-0.15, -0.1) is 11.3 Å². The average molecular weight is 355 g/mol. The molecule has 0 aliphatic rings. The van der Waals surface area contributed by atoms with E-state index >= 15 is 0 Å². The number of ether oxygens (including phenoxy) is 1. The summed E-state index contributed by atoms with van der Waals surface area (Å²) in [5.41, 5.74) is 0.967. The van der Waals surface area contributed by atoms with Crippen LogP contribution in [-0.4, -0.2) is 23.3 Å². The molecule has 0 unspecified atom stereocenters. The number of esters is 1. The van der Waals surface area contributed by atoms with E-state index < -0.39 is 5.97 Å². The lowest BCUT2D eigenvalue weighted by Crippen LogP contribution is -2.09. The van der Waals surface area contributed by atoms with Crippen molar-refractivity contribution in [3.63, 3.8) is 0 Å². The van der Waals surface area contributed by atoms with Gasteiger partial charge in [-0.2, -0.15) is 0 Å². The molecule has 0 amide bonds. The van der Waals surface area contributed by atoms with E-state index in [1.807, 2.05) is 41.8 Å². The molecule has 2 heterocycles. The Balaban J connectivity index is 1.53. The number of hydrogen-bond donors (Lipinski definition) is 0. The van der Waals surface area contributed by atoms with E-state index in [0.29, 0.717) is 24.5 Å². The molecule has 2 aromatic heterocycles. The molecule has 128 valence electrons. The number of aromatic nitrogens is 1. The number of Topliss-reactive ketones (excluding diaryl/α,β-unsaturated/α-hetero) is 1. The van der Waals surface area contributed by atoms with Crippen LogP contribution in [0.15, 0.2) is 52.3 Å². The number of nitrogens with zero attached hydrogens (tertiary/aromatic N) is 1. The van der Waals surface area contributed by atoms with Gasteiger partial charge in [0, 0.05) is 12.0 Å². The summed E-state index contributed by atoms with van der Waals surface area (Å²) in [6.07, 6.45) is 0.825. The minimum absolute atomic E-state index is 0.0648. The predicted octanol–water partition coefficient (Wildman–Crippen LogP) is 4.53. The first-order valence-corrected chi connectivity index (χ1v) is 8.80. The molecule has 0 atom stereocenters. The first-order valence-electron chi connectivity index (χ1n) is 7.92. The molecular formula is C19H17NO4S. The van der Waals surface area contributed by atoms with Gasteiger partial charge < -0.3 is 9.15 Å². The number of oxazole rings is 1. The van der Waals surface area contributed by atoms with E-state index in [1.165, 1.54) is 11.3 Å². The van der Waals surface area contributed by atoms with Crippen LogP contribution in [0, 0.1) is 6.92 Å². The fraction of sp³-hybridized carbons (Fsp3) is 0.211. The molecule has 3 rings (SSSR count). The summed E-state index contributed by atoms with van der Waals surface area (Å²) in [6, 6.07) is 13.0. The largest absolute Gasteiger partial charge is 0.461 e. The van der Waals surface area contributed by atoms with Gasteiger partial charge in [-0.1, -0.05) is 24.3 Å². The summed E-state index contributed by atoms with van der Waals surface area (Å²) >= 11 is 1.42. The van der Waals surface area contributed by atoms with E-state index in [9.17, 15) is 9.59 Å². The van der Waals surface area contributed by atoms with Crippen LogP contribution in [0.1, 0.15) is 38.8 Å². The second-order valence-electron chi connectivity index (χ2n) is 5.43. The van der Waals surface area contributed by atoms with Crippen molar-refractivity contribution < 1.29 is 18.7 Å². The van der Waals surface area contributed by atoms with E-state index in [-0.39, 0.29) is 18.1 Å². The first-order chi connectivity index (χ1) is 12.1. The van der Waals surface area contributed by atoms with Crippen LogP contribution in [0.3, 0.4) is 0 Å². The van der Waals surface area contributed by atoms with Crippen molar-refractivity contribution in [2.24, 2.45) is 0 Å². The number of hydrogen-bond acceptors (Lipinski definition) is 6. The number of ketones is 1. The molecule has 0 aliphatic carbocycles. The van der Waals surface area contributed by atoms with E-state index in [2.05, 4.69) is 4.98 Å². The van der Waals surface area contributed by atoms with Crippen LogP contribution in [0.25, 0.3) is 11.5 Å². The Hall–Kier alpha value is -2.73. The van der Waals surface area contributed by atoms with Crippen molar-refractivity contribution in [2.45, 2.75) is 19.8 Å². The maximum atomic E-state index is 12.2. The molecule has 25 heavy (non-hydrogen) atoms. The summed E-state index contributed by atoms with van der Waals surface area (Å²) in [6.45, 7) is 1.85. The molecule has 1 aromatic carbocycles. The number of thiophene rings is 1. The van der Waals surface area contributed by atoms with Crippen molar-refractivity contribution in [2.75, 3.05) is 6.61 Å². The van der Waals surface area contributed by atoms with Gasteiger partial charge in [0.1, 0.15) is 5.76 Å². The summed E-state index contributed by atoms with van der Waals surface area (Å²) in [5, 5.41) is 1.87. The summed E-state index contributed by atoms with van der Waals surface area (Å²) < 4.78 is 10.8. The molecule has 0 bridgehead atoms. The monoisotopic (exact) mass is 355 g/mol. The standard InChI is InChI=1S/C19H17NO4S/c1-13-17(20-18(24-13)14-7-3-2-4-8-14)19(22)23-11-5-9-15(21)16-10-6-12-25-16/h2-4,6-8,10,12H,5,9,11H2,1H3. The Bertz CT molecular complexity index is 853. The normalized spacial score (nSPS) is 10.6. The van der Waals surface area contributed by atoms with Crippen LogP contribution < -0.4 is 0 Å². The van der Waals surface area contributed by atoms with Crippen molar-refractivity contribution in [1.29, 1.82) is 0 Å². The second kappa shape index (κ2) is 7.90. The Labute approximate surface area is 149 Å². The molecule has 0 spiro atoms. The molecule has 6 heteroatoms. The van der Waals surface area contributed by atoms with Crippen LogP contribution in [0.2, 0.25) is 0 Å². The molecule has 3 aromatic rings. The highest BCUT2D eigenvalue weighted by Gasteiger charge is 2.19. The van der Waals surface area contributed by atoms with Gasteiger partial charge in [0.25, 0.3) is 0 Å². The highest BCUT2D eigenvalue weighted by molar-refractivity contribution is 7.12. The predicted molar refractivity (Wildman–Crippen MR) is 94.8 cm³/mol. The Morgan fingerprint density at radius 2 is 1.96 bits per heavy atom. The van der Waals surface area contributed by atoms with Crippen LogP contribution in [0.5, 0.6) is 0 Å². The third kappa shape index (κ3) is 4.22. The van der Waals surface area contributed by atoms with Gasteiger partial charge in [-0.3, -0.25) is 4.79 Å². The smallest absolute Gasteiger partial charge is 0.360 e. The lowest BCUT2D eigenvalue weighted by atomic mass is 10.2. The Morgan fingerprint density at radius 1 is 1.16 bits per heavy atom. The second-order valence-corrected chi connectivity index (χ2v) is 6.38. The molecular weight excluding hydrogens is 338 g/mol. The molecule has 0 saturated heterocycles. The van der Waals surface area contributed by atoms with Gasteiger partial charge in [0.2, 0.25) is 5.89 Å². The zero-order chi connectivity index (χ0) is 17.6. The van der Waals surface area contributed by atoms with E-state index in [0.717, 1.165) is 10.4 Å². The fourth-order valence-corrected chi connectivity index (χ4v) is 3.01. The van der Waals surface area contributed by atoms with E-state index in [1.54, 1.807) is 13.0 Å². The zero-order valence-corrected chi connectivity index (χ0v) is 14.5. The minimum Gasteiger partial charge on any atom is -0.461 e. The maximum absolute atomic E-state index is 12.2. The number of carbonyl (C=O) groups excluding carboxylic acids is 2. The molecule has 0 fully saturated rings. The van der Waals surface area contributed by atoms with Crippen molar-refractivity contribution in [3.8, 4) is 11.5 Å². The summed E-state index contributed by atoms with van der Waals surface area (Å²) in [7, 11) is 0. The Kier molecular flexibility index (Phi) is 5.40. The van der Waals surface area contributed by atoms with E-state index in [4.69, 9.17) is 9.15 Å². The van der Waals surface area contributed by atoms with Crippen LogP contribution in [0.4, 0.5) is 0 Å². The van der Waals surface area contributed by atoms with Crippen molar-refractivity contribution in [3.05, 3.63) is 64.2 Å². The molecule has 0 aliphatic heterocycles. The van der Waals surface area contributed by atoms with Crippen LogP contribution in [-0.2, 0) is 4.74 Å². The molecule has 0 radical (unpaired) electrons. The van der Waals surface area contributed by atoms with Gasteiger partial charge in [0.15, 0.2) is 11.5 Å². The first kappa shape index (κ1) is 17.1. The summed E-state index contributed by atoms with van der Waals surface area (Å²) in [5.74, 6) is 0.332. The molecule has 5 nitrogen and oxygen atoms in total. The number of carbonyl (C=O) groups is 2. The third-order valence-corrected chi connectivity index (χ3v) is 4.50. The van der Waals surface area contributed by atoms with Crippen LogP contribution >= 0.6 is 11.3 Å². The topological polar surface area (TPSA) is 69.4 Å². The zero-order valence-electron chi connectivity index (χ0n) is 13.7. The molecule has 0 N–H and O–H groups in total. The fourth-order valence-electron chi connectivity index (χ4n) is 2.32. The van der Waals surface area contributed by atoms with Crippen molar-refractivity contribution >= 4 is 23.1 Å². The lowest BCUT2D eigenvalue weighted by molar-refractivity contribution is 0.0486. The van der Waals surface area contributed by atoms with Gasteiger partial charge in [-0.25, -0.2) is 9.78 Å². The Morgan fingerprint density at radius 3 is 2.68 bits per heavy atom. The highest BCUT2D eigenvalue weighted by Crippen LogP contribution is 2.22. The van der Waals surface area contributed by atoms with Crippen molar-refractivity contribution in [1.82, 2.24) is 4.98 Å². The lowest BCUT2D eigenvalue weighted by Gasteiger charge is -2.02. The molecule has 0 saturated carbocycles. The third-order valence-electron chi connectivity index (χ3n) is 3.59. The summed E-state index contributed by atoms with van der Waals surface area (Å²) in [4.78, 5) is 29.0. The number of aryl methyl sites for hydroxylation is 1. The quantitative estimate of drug-likeness (QED) is 0.354. The minimum atomic E-state index is -0.535. The average Bonchev–Trinajstić information content (AvgIpc) is 3.29. The highest BCUT2D eigenvalue weighted by atomic mass is 32.1. The maximum Gasteiger partial charge on any atom is 0.360 e. The van der Waals surface area contributed by atoms with Gasteiger partial charge in [-0.05, 0) is 36.9 Å². The van der Waals surface area contributed by atoms with Gasteiger partial charge >= 0.3 is 5.97 Å². The SMILES string of the molecule is Cc1oc(-c2ccccc2)nc1C(=O)OCCCC(=O)c1cccs1. The number of rotatable bonds is 7. The van der Waals surface area contributed by atoms with Gasteiger partial charge in [0.05, 0.1) is 11.5 Å².